The van der Waals surface area contributed by atoms with Crippen LogP contribution < -0.4 is 9.47 Å². The van der Waals surface area contributed by atoms with Crippen molar-refractivity contribution in [3.8, 4) is 11.5 Å². The summed E-state index contributed by atoms with van der Waals surface area (Å²) >= 11 is 3.39. The molecule has 0 saturated heterocycles. The summed E-state index contributed by atoms with van der Waals surface area (Å²) < 4.78 is 37.7. The summed E-state index contributed by atoms with van der Waals surface area (Å²) in [5, 5.41) is 0. The van der Waals surface area contributed by atoms with Crippen molar-refractivity contribution in [3.63, 3.8) is 0 Å². The van der Waals surface area contributed by atoms with Gasteiger partial charge in [-0.2, -0.15) is 0 Å². The second-order valence-electron chi connectivity index (χ2n) is 4.11. The fourth-order valence-corrected chi connectivity index (χ4v) is 2.68. The summed E-state index contributed by atoms with van der Waals surface area (Å²) in [7, 11) is 2.86. The summed E-state index contributed by atoms with van der Waals surface area (Å²) in [6, 6.07) is 9.05. The average molecular weight is 343 g/mol. The minimum Gasteiger partial charge on any atom is -0.496 e. The number of methoxy groups -OCH3 is 2. The predicted octanol–water partition coefficient (Wildman–Crippen LogP) is 4.47. The summed E-state index contributed by atoms with van der Waals surface area (Å²) in [5.74, 6) is -0.357. The van der Waals surface area contributed by atoms with E-state index >= 15 is 0 Å². The van der Waals surface area contributed by atoms with Crippen molar-refractivity contribution >= 4 is 15.9 Å². The van der Waals surface area contributed by atoms with Crippen LogP contribution in [-0.2, 0) is 0 Å². The first-order valence-electron chi connectivity index (χ1n) is 5.88. The molecule has 0 amide bonds. The normalized spacial score (nSPS) is 12.1. The van der Waals surface area contributed by atoms with Crippen molar-refractivity contribution in [2.75, 3.05) is 14.2 Å². The Labute approximate surface area is 124 Å². The molecule has 0 bridgehead atoms. The fraction of sp³-hybridized carbons (Fsp3) is 0.200. The molecule has 0 heterocycles. The van der Waals surface area contributed by atoms with Crippen LogP contribution >= 0.6 is 15.9 Å². The number of halogens is 3. The lowest BCUT2D eigenvalue weighted by atomic mass is 10.0. The molecule has 0 aliphatic carbocycles. The Kier molecular flexibility index (Phi) is 4.60. The first-order chi connectivity index (χ1) is 9.58. The molecule has 0 aliphatic rings. The van der Waals surface area contributed by atoms with E-state index < -0.39 is 16.5 Å². The van der Waals surface area contributed by atoms with Gasteiger partial charge in [0.2, 0.25) is 0 Å². The van der Waals surface area contributed by atoms with Gasteiger partial charge in [0.1, 0.15) is 11.6 Å². The Morgan fingerprint density at radius 3 is 2.25 bits per heavy atom. The third kappa shape index (κ3) is 2.77. The highest BCUT2D eigenvalue weighted by molar-refractivity contribution is 9.09. The van der Waals surface area contributed by atoms with E-state index in [-0.39, 0.29) is 5.75 Å². The van der Waals surface area contributed by atoms with Gasteiger partial charge in [0.25, 0.3) is 0 Å². The fourth-order valence-electron chi connectivity index (χ4n) is 1.95. The van der Waals surface area contributed by atoms with Gasteiger partial charge in [-0.25, -0.2) is 8.78 Å². The monoisotopic (exact) mass is 342 g/mol. The topological polar surface area (TPSA) is 18.5 Å². The molecule has 0 aliphatic heterocycles. The van der Waals surface area contributed by atoms with Crippen LogP contribution in [0.2, 0.25) is 0 Å². The van der Waals surface area contributed by atoms with Crippen molar-refractivity contribution in [2.45, 2.75) is 4.83 Å². The maximum atomic E-state index is 14.0. The van der Waals surface area contributed by atoms with Gasteiger partial charge in [0.15, 0.2) is 11.6 Å². The van der Waals surface area contributed by atoms with E-state index in [4.69, 9.17) is 9.47 Å². The predicted molar refractivity (Wildman–Crippen MR) is 76.7 cm³/mol. The number of benzene rings is 2. The SMILES string of the molecule is COc1ccc(C(Br)c2c(F)cccc2OC)cc1F. The number of hydrogen-bond donors (Lipinski definition) is 0. The quantitative estimate of drug-likeness (QED) is 0.763. The van der Waals surface area contributed by atoms with E-state index in [1.807, 2.05) is 0 Å². The molecule has 1 unspecified atom stereocenters. The Morgan fingerprint density at radius 1 is 0.950 bits per heavy atom. The van der Waals surface area contributed by atoms with Crippen molar-refractivity contribution in [1.29, 1.82) is 0 Å². The van der Waals surface area contributed by atoms with Gasteiger partial charge in [0.05, 0.1) is 19.0 Å². The Hall–Kier alpha value is -1.62. The average Bonchev–Trinajstić information content (AvgIpc) is 2.46. The summed E-state index contributed by atoms with van der Waals surface area (Å²) in [6.45, 7) is 0. The van der Waals surface area contributed by atoms with E-state index in [9.17, 15) is 8.78 Å². The molecule has 1 atom stereocenters. The van der Waals surface area contributed by atoms with Gasteiger partial charge in [-0.3, -0.25) is 0 Å². The zero-order valence-corrected chi connectivity index (χ0v) is 12.6. The largest absolute Gasteiger partial charge is 0.496 e. The van der Waals surface area contributed by atoms with Crippen molar-refractivity contribution < 1.29 is 18.3 Å². The Morgan fingerprint density at radius 2 is 1.65 bits per heavy atom. The molecular weight excluding hydrogens is 330 g/mol. The van der Waals surface area contributed by atoms with Gasteiger partial charge in [0, 0.05) is 5.56 Å². The number of hydrogen-bond acceptors (Lipinski definition) is 2. The van der Waals surface area contributed by atoms with Crippen LogP contribution in [0.3, 0.4) is 0 Å². The molecular formula is C15H13BrF2O2. The Bertz CT molecular complexity index is 617. The third-order valence-electron chi connectivity index (χ3n) is 2.95. The second-order valence-corrected chi connectivity index (χ2v) is 5.03. The van der Waals surface area contributed by atoms with Crippen molar-refractivity contribution in [1.82, 2.24) is 0 Å². The van der Waals surface area contributed by atoms with Crippen LogP contribution in [-0.4, -0.2) is 14.2 Å². The molecule has 106 valence electrons. The molecule has 0 fully saturated rings. The smallest absolute Gasteiger partial charge is 0.165 e. The van der Waals surface area contributed by atoms with E-state index in [1.54, 1.807) is 18.2 Å². The van der Waals surface area contributed by atoms with Crippen LogP contribution in [0.4, 0.5) is 8.78 Å². The van der Waals surface area contributed by atoms with Crippen molar-refractivity contribution in [3.05, 3.63) is 59.2 Å². The summed E-state index contributed by atoms with van der Waals surface area (Å²) in [5.41, 5.74) is 0.909. The molecule has 0 N–H and O–H groups in total. The zero-order chi connectivity index (χ0) is 14.7. The van der Waals surface area contributed by atoms with Gasteiger partial charge >= 0.3 is 0 Å². The molecule has 5 heteroatoms. The summed E-state index contributed by atoms with van der Waals surface area (Å²) in [4.78, 5) is -0.515. The van der Waals surface area contributed by atoms with E-state index in [0.717, 1.165) is 0 Å². The summed E-state index contributed by atoms with van der Waals surface area (Å²) in [6.07, 6.45) is 0. The highest BCUT2D eigenvalue weighted by Crippen LogP contribution is 2.39. The lowest BCUT2D eigenvalue weighted by Crippen LogP contribution is -2.01. The van der Waals surface area contributed by atoms with E-state index in [2.05, 4.69) is 15.9 Å². The lowest BCUT2D eigenvalue weighted by Gasteiger charge is -2.16. The Balaban J connectivity index is 2.46. The molecule has 2 aromatic rings. The highest BCUT2D eigenvalue weighted by atomic mass is 79.9. The van der Waals surface area contributed by atoms with Crippen LogP contribution in [0.25, 0.3) is 0 Å². The molecule has 0 spiro atoms. The first kappa shape index (κ1) is 14.8. The van der Waals surface area contributed by atoms with Gasteiger partial charge in [-0.05, 0) is 29.8 Å². The highest BCUT2D eigenvalue weighted by Gasteiger charge is 2.20. The number of alkyl halides is 1. The molecule has 2 aromatic carbocycles. The molecule has 0 saturated carbocycles. The van der Waals surface area contributed by atoms with E-state index in [1.165, 1.54) is 32.4 Å². The van der Waals surface area contributed by atoms with Crippen LogP contribution in [0.15, 0.2) is 36.4 Å². The zero-order valence-electron chi connectivity index (χ0n) is 11.0. The molecule has 2 nitrogen and oxygen atoms in total. The van der Waals surface area contributed by atoms with E-state index in [0.29, 0.717) is 16.9 Å². The minimum absolute atomic E-state index is 0.147. The van der Waals surface area contributed by atoms with Gasteiger partial charge in [-0.15, -0.1) is 0 Å². The minimum atomic E-state index is -0.515. The third-order valence-corrected chi connectivity index (χ3v) is 3.94. The molecule has 2 rings (SSSR count). The standard InChI is InChI=1S/C15H13BrF2O2/c1-19-12-7-6-9(8-11(12)18)15(16)14-10(17)4-3-5-13(14)20-2/h3-8,15H,1-2H3. The maximum Gasteiger partial charge on any atom is 0.165 e. The second kappa shape index (κ2) is 6.22. The molecule has 20 heavy (non-hydrogen) atoms. The van der Waals surface area contributed by atoms with Crippen LogP contribution in [0.5, 0.6) is 11.5 Å². The van der Waals surface area contributed by atoms with Gasteiger partial charge < -0.3 is 9.47 Å². The molecule has 0 aromatic heterocycles. The first-order valence-corrected chi connectivity index (χ1v) is 6.80. The van der Waals surface area contributed by atoms with Crippen LogP contribution in [0, 0.1) is 11.6 Å². The number of rotatable bonds is 4. The van der Waals surface area contributed by atoms with Gasteiger partial charge in [-0.1, -0.05) is 28.1 Å². The number of ether oxygens (including phenoxy) is 2. The van der Waals surface area contributed by atoms with Crippen molar-refractivity contribution in [2.24, 2.45) is 0 Å². The maximum absolute atomic E-state index is 14.0. The lowest BCUT2D eigenvalue weighted by molar-refractivity contribution is 0.386. The molecule has 0 radical (unpaired) electrons. The van der Waals surface area contributed by atoms with Crippen LogP contribution in [0.1, 0.15) is 16.0 Å².